The van der Waals surface area contributed by atoms with Gasteiger partial charge in [-0.05, 0) is 64.1 Å². The van der Waals surface area contributed by atoms with Gasteiger partial charge in [-0.1, -0.05) is 19.8 Å². The van der Waals surface area contributed by atoms with Gasteiger partial charge in [0.25, 0.3) is 0 Å². The Kier molecular flexibility index (Phi) is 6.31. The van der Waals surface area contributed by atoms with E-state index in [9.17, 15) is 5.11 Å². The highest BCUT2D eigenvalue weighted by Gasteiger charge is 2.30. The summed E-state index contributed by atoms with van der Waals surface area (Å²) < 4.78 is 0. The van der Waals surface area contributed by atoms with E-state index < -0.39 is 0 Å². The van der Waals surface area contributed by atoms with E-state index in [-0.39, 0.29) is 6.10 Å². The predicted molar refractivity (Wildman–Crippen MR) is 84.8 cm³/mol. The highest BCUT2D eigenvalue weighted by Crippen LogP contribution is 2.32. The lowest BCUT2D eigenvalue weighted by atomic mass is 9.77. The molecule has 2 fully saturated rings. The lowest BCUT2D eigenvalue weighted by Crippen LogP contribution is -2.39. The molecule has 0 aromatic rings. The Morgan fingerprint density at radius 1 is 1.15 bits per heavy atom. The summed E-state index contributed by atoms with van der Waals surface area (Å²) in [6.07, 6.45) is 7.42. The molecule has 0 amide bonds. The molecule has 0 aromatic carbocycles. The fourth-order valence-electron chi connectivity index (χ4n) is 4.30. The third kappa shape index (κ3) is 4.71. The predicted octanol–water partition coefficient (Wildman–Crippen LogP) is 2.45. The topological polar surface area (TPSA) is 26.7 Å². The highest BCUT2D eigenvalue weighted by atomic mass is 16.3. The van der Waals surface area contributed by atoms with Crippen molar-refractivity contribution in [3.05, 3.63) is 0 Å². The second-order valence-corrected chi connectivity index (χ2v) is 7.43. The van der Waals surface area contributed by atoms with E-state index in [2.05, 4.69) is 30.8 Å². The third-order valence-corrected chi connectivity index (χ3v) is 5.35. The summed E-state index contributed by atoms with van der Waals surface area (Å²) in [4.78, 5) is 4.91. The summed E-state index contributed by atoms with van der Waals surface area (Å²) >= 11 is 0. The largest absolute Gasteiger partial charge is 0.393 e. The molecule has 1 aliphatic heterocycles. The normalized spacial score (nSPS) is 35.9. The number of aliphatic hydroxyl groups is 1. The minimum Gasteiger partial charge on any atom is -0.393 e. The Balaban J connectivity index is 1.75. The zero-order chi connectivity index (χ0) is 14.5. The molecular formula is C17H34N2O. The maximum atomic E-state index is 10.3. The summed E-state index contributed by atoms with van der Waals surface area (Å²) in [5.41, 5.74) is 0. The Morgan fingerprint density at radius 3 is 2.60 bits per heavy atom. The van der Waals surface area contributed by atoms with Crippen LogP contribution < -0.4 is 0 Å². The molecular weight excluding hydrogens is 248 g/mol. The van der Waals surface area contributed by atoms with Crippen LogP contribution in [0.15, 0.2) is 0 Å². The minimum absolute atomic E-state index is 0.0585. The summed E-state index contributed by atoms with van der Waals surface area (Å²) in [5, 5.41) is 10.3. The van der Waals surface area contributed by atoms with Crippen molar-refractivity contribution in [1.29, 1.82) is 0 Å². The molecule has 0 radical (unpaired) electrons. The van der Waals surface area contributed by atoms with Crippen molar-refractivity contribution in [2.75, 3.05) is 40.3 Å². The first kappa shape index (κ1) is 16.3. The van der Waals surface area contributed by atoms with Crippen LogP contribution in [0.25, 0.3) is 0 Å². The van der Waals surface area contributed by atoms with Crippen LogP contribution in [0.5, 0.6) is 0 Å². The molecule has 4 atom stereocenters. The molecule has 1 heterocycles. The van der Waals surface area contributed by atoms with Gasteiger partial charge in [0.05, 0.1) is 6.10 Å². The van der Waals surface area contributed by atoms with Crippen molar-refractivity contribution in [3.63, 3.8) is 0 Å². The van der Waals surface area contributed by atoms with E-state index in [1.807, 2.05) is 0 Å². The van der Waals surface area contributed by atoms with Gasteiger partial charge in [-0.3, -0.25) is 0 Å². The van der Waals surface area contributed by atoms with Crippen LogP contribution in [0.3, 0.4) is 0 Å². The van der Waals surface area contributed by atoms with E-state index in [1.165, 1.54) is 51.7 Å². The van der Waals surface area contributed by atoms with Crippen LogP contribution in [0.1, 0.15) is 45.4 Å². The number of hydrogen-bond acceptors (Lipinski definition) is 3. The second kappa shape index (κ2) is 7.77. The van der Waals surface area contributed by atoms with Gasteiger partial charge in [0, 0.05) is 19.6 Å². The molecule has 3 heteroatoms. The molecule has 1 saturated heterocycles. The molecule has 20 heavy (non-hydrogen) atoms. The SMILES string of the molecule is CCCC1CCC(O)C(CN(C)CC2CCN(C)C2)C1. The number of rotatable bonds is 6. The lowest BCUT2D eigenvalue weighted by Gasteiger charge is -2.36. The third-order valence-electron chi connectivity index (χ3n) is 5.35. The molecule has 1 saturated carbocycles. The average molecular weight is 282 g/mol. The van der Waals surface area contributed by atoms with Crippen LogP contribution in [0, 0.1) is 17.8 Å². The quantitative estimate of drug-likeness (QED) is 0.810. The van der Waals surface area contributed by atoms with Gasteiger partial charge in [0.1, 0.15) is 0 Å². The molecule has 2 aliphatic rings. The van der Waals surface area contributed by atoms with Crippen molar-refractivity contribution in [3.8, 4) is 0 Å². The van der Waals surface area contributed by atoms with E-state index in [1.54, 1.807) is 0 Å². The van der Waals surface area contributed by atoms with Crippen molar-refractivity contribution in [1.82, 2.24) is 9.80 Å². The fourth-order valence-corrected chi connectivity index (χ4v) is 4.30. The van der Waals surface area contributed by atoms with E-state index in [4.69, 9.17) is 0 Å². The van der Waals surface area contributed by atoms with Gasteiger partial charge in [0.2, 0.25) is 0 Å². The van der Waals surface area contributed by atoms with Crippen LogP contribution in [0.4, 0.5) is 0 Å². The van der Waals surface area contributed by atoms with Crippen molar-refractivity contribution < 1.29 is 5.11 Å². The Hall–Kier alpha value is -0.120. The molecule has 118 valence electrons. The maximum absolute atomic E-state index is 10.3. The lowest BCUT2D eigenvalue weighted by molar-refractivity contribution is 0.0279. The first-order valence-corrected chi connectivity index (χ1v) is 8.63. The van der Waals surface area contributed by atoms with Crippen molar-refractivity contribution in [2.45, 2.75) is 51.6 Å². The van der Waals surface area contributed by atoms with Gasteiger partial charge >= 0.3 is 0 Å². The van der Waals surface area contributed by atoms with Gasteiger partial charge in [0.15, 0.2) is 0 Å². The molecule has 4 unspecified atom stereocenters. The van der Waals surface area contributed by atoms with E-state index in [0.29, 0.717) is 5.92 Å². The summed E-state index contributed by atoms with van der Waals surface area (Å²) in [6, 6.07) is 0. The molecule has 0 spiro atoms. The fraction of sp³-hybridized carbons (Fsp3) is 1.00. The van der Waals surface area contributed by atoms with Gasteiger partial charge < -0.3 is 14.9 Å². The van der Waals surface area contributed by atoms with Crippen LogP contribution in [0.2, 0.25) is 0 Å². The van der Waals surface area contributed by atoms with Gasteiger partial charge in [-0.25, -0.2) is 0 Å². The van der Waals surface area contributed by atoms with Crippen LogP contribution >= 0.6 is 0 Å². The summed E-state index contributed by atoms with van der Waals surface area (Å²) in [7, 11) is 4.47. The summed E-state index contributed by atoms with van der Waals surface area (Å²) in [6.45, 7) is 7.06. The number of likely N-dealkylation sites (tertiary alicyclic amines) is 1. The molecule has 1 N–H and O–H groups in total. The minimum atomic E-state index is -0.0585. The van der Waals surface area contributed by atoms with Crippen LogP contribution in [-0.4, -0.2) is 61.3 Å². The number of nitrogens with zero attached hydrogens (tertiary/aromatic N) is 2. The monoisotopic (exact) mass is 282 g/mol. The van der Waals surface area contributed by atoms with E-state index >= 15 is 0 Å². The van der Waals surface area contributed by atoms with Crippen molar-refractivity contribution in [2.24, 2.45) is 17.8 Å². The van der Waals surface area contributed by atoms with Gasteiger partial charge in [-0.15, -0.1) is 0 Å². The number of hydrogen-bond donors (Lipinski definition) is 1. The Morgan fingerprint density at radius 2 is 1.95 bits per heavy atom. The van der Waals surface area contributed by atoms with Crippen molar-refractivity contribution >= 4 is 0 Å². The standard InChI is InChI=1S/C17H34N2O/c1-4-5-14-6-7-17(20)16(10-14)13-19(3)12-15-8-9-18(2)11-15/h14-17,20H,4-13H2,1-3H3. The first-order chi connectivity index (χ1) is 9.58. The second-order valence-electron chi connectivity index (χ2n) is 7.43. The highest BCUT2D eigenvalue weighted by molar-refractivity contribution is 4.83. The van der Waals surface area contributed by atoms with E-state index in [0.717, 1.165) is 24.8 Å². The molecule has 0 aromatic heterocycles. The smallest absolute Gasteiger partial charge is 0.0580 e. The average Bonchev–Trinajstić information content (AvgIpc) is 2.79. The van der Waals surface area contributed by atoms with Gasteiger partial charge in [-0.2, -0.15) is 0 Å². The summed E-state index contributed by atoms with van der Waals surface area (Å²) in [5.74, 6) is 2.20. The number of aliphatic hydroxyl groups excluding tert-OH is 1. The molecule has 0 bridgehead atoms. The molecule has 2 rings (SSSR count). The maximum Gasteiger partial charge on any atom is 0.0580 e. The Bertz CT molecular complexity index is 284. The first-order valence-electron chi connectivity index (χ1n) is 8.63. The Labute approximate surface area is 125 Å². The molecule has 1 aliphatic carbocycles. The van der Waals surface area contributed by atoms with Crippen LogP contribution in [-0.2, 0) is 0 Å². The zero-order valence-electron chi connectivity index (χ0n) is 13.7. The molecule has 3 nitrogen and oxygen atoms in total. The zero-order valence-corrected chi connectivity index (χ0v) is 13.7.